The molecule has 0 spiro atoms. The predicted molar refractivity (Wildman–Crippen MR) is 123 cm³/mol. The van der Waals surface area contributed by atoms with Crippen LogP contribution in [0.3, 0.4) is 0 Å². The third-order valence-corrected chi connectivity index (χ3v) is 5.72. The van der Waals surface area contributed by atoms with Crippen LogP contribution < -0.4 is 4.74 Å². The van der Waals surface area contributed by atoms with Crippen LogP contribution in [0, 0.1) is 11.3 Å². The van der Waals surface area contributed by atoms with Gasteiger partial charge in [-0.05, 0) is 34.0 Å². The normalized spacial score (nSPS) is 12.6. The molecule has 0 bridgehead atoms. The number of hydrogen-bond acceptors (Lipinski definition) is 3. The Balaban J connectivity index is 1.77. The van der Waals surface area contributed by atoms with E-state index >= 15 is 0 Å². The Morgan fingerprint density at radius 1 is 0.903 bits per heavy atom. The van der Waals surface area contributed by atoms with Crippen LogP contribution in [0.5, 0.6) is 5.75 Å². The summed E-state index contributed by atoms with van der Waals surface area (Å²) in [6, 6.07) is 33.7. The van der Waals surface area contributed by atoms with E-state index in [9.17, 15) is 10.1 Å². The molecule has 0 radical (unpaired) electrons. The molecule has 3 heteroatoms. The minimum absolute atomic E-state index is 0.00626. The topological polar surface area (TPSA) is 50.1 Å². The number of ketones is 1. The monoisotopic (exact) mass is 405 g/mol. The number of ether oxygens (including phenoxy) is 1. The van der Waals surface area contributed by atoms with E-state index < -0.39 is 5.92 Å². The highest BCUT2D eigenvalue weighted by Crippen LogP contribution is 2.39. The lowest BCUT2D eigenvalue weighted by atomic mass is 9.77. The van der Waals surface area contributed by atoms with Crippen LogP contribution in [0.25, 0.3) is 10.8 Å². The Hall–Kier alpha value is -3.90. The minimum Gasteiger partial charge on any atom is -0.497 e. The van der Waals surface area contributed by atoms with E-state index in [0.717, 1.165) is 21.9 Å². The molecule has 0 saturated heterocycles. The van der Waals surface area contributed by atoms with Crippen LogP contribution in [0.2, 0.25) is 0 Å². The summed E-state index contributed by atoms with van der Waals surface area (Å²) in [7, 11) is 1.59. The first kappa shape index (κ1) is 20.4. The lowest BCUT2D eigenvalue weighted by Gasteiger charge is -2.24. The van der Waals surface area contributed by atoms with E-state index in [-0.39, 0.29) is 18.1 Å². The molecule has 2 atom stereocenters. The SMILES string of the molecule is COc1cccc(C(=O)C[C@H](c2ccccc2)[C@H](C#N)c2cccc3ccccc23)c1. The maximum absolute atomic E-state index is 13.2. The Morgan fingerprint density at radius 2 is 1.61 bits per heavy atom. The first-order chi connectivity index (χ1) is 15.2. The predicted octanol–water partition coefficient (Wildman–Crippen LogP) is 6.51. The summed E-state index contributed by atoms with van der Waals surface area (Å²) in [5.74, 6) is -0.0833. The summed E-state index contributed by atoms with van der Waals surface area (Å²) in [4.78, 5) is 13.2. The van der Waals surface area contributed by atoms with Gasteiger partial charge in [0.25, 0.3) is 0 Å². The van der Waals surface area contributed by atoms with Gasteiger partial charge in [-0.25, -0.2) is 0 Å². The van der Waals surface area contributed by atoms with Crippen LogP contribution in [0.4, 0.5) is 0 Å². The zero-order valence-corrected chi connectivity index (χ0v) is 17.4. The number of carbonyl (C=O) groups is 1. The second-order valence-corrected chi connectivity index (χ2v) is 7.55. The van der Waals surface area contributed by atoms with Crippen molar-refractivity contribution in [3.05, 3.63) is 114 Å². The highest BCUT2D eigenvalue weighted by Gasteiger charge is 2.29. The smallest absolute Gasteiger partial charge is 0.163 e. The molecule has 0 unspecified atom stereocenters. The molecule has 0 aliphatic carbocycles. The molecular weight excluding hydrogens is 382 g/mol. The molecular formula is C28H23NO2. The number of rotatable bonds is 7. The van der Waals surface area contributed by atoms with Gasteiger partial charge in [-0.3, -0.25) is 4.79 Å². The second kappa shape index (κ2) is 9.28. The number of methoxy groups -OCH3 is 1. The van der Waals surface area contributed by atoms with Crippen molar-refractivity contribution in [3.63, 3.8) is 0 Å². The van der Waals surface area contributed by atoms with Gasteiger partial charge in [0.15, 0.2) is 5.78 Å². The van der Waals surface area contributed by atoms with Gasteiger partial charge in [-0.1, -0.05) is 84.9 Å². The Labute approximate surface area is 182 Å². The van der Waals surface area contributed by atoms with E-state index in [0.29, 0.717) is 11.3 Å². The molecule has 0 fully saturated rings. The first-order valence-corrected chi connectivity index (χ1v) is 10.3. The number of fused-ring (bicyclic) bond motifs is 1. The maximum Gasteiger partial charge on any atom is 0.163 e. The van der Waals surface area contributed by atoms with Crippen molar-refractivity contribution in [3.8, 4) is 11.8 Å². The van der Waals surface area contributed by atoms with Gasteiger partial charge >= 0.3 is 0 Å². The van der Waals surface area contributed by atoms with Crippen molar-refractivity contribution in [1.82, 2.24) is 0 Å². The molecule has 4 aromatic rings. The van der Waals surface area contributed by atoms with Crippen molar-refractivity contribution in [2.75, 3.05) is 7.11 Å². The Bertz CT molecular complexity index is 1240. The Morgan fingerprint density at radius 3 is 2.39 bits per heavy atom. The summed E-state index contributed by atoms with van der Waals surface area (Å²) in [6.07, 6.45) is 0.235. The molecule has 0 aliphatic rings. The molecule has 0 N–H and O–H groups in total. The lowest BCUT2D eigenvalue weighted by Crippen LogP contribution is -2.15. The van der Waals surface area contributed by atoms with Crippen molar-refractivity contribution in [2.24, 2.45) is 0 Å². The summed E-state index contributed by atoms with van der Waals surface area (Å²) < 4.78 is 5.28. The average Bonchev–Trinajstić information content (AvgIpc) is 2.84. The largest absolute Gasteiger partial charge is 0.497 e. The van der Waals surface area contributed by atoms with E-state index in [2.05, 4.69) is 6.07 Å². The van der Waals surface area contributed by atoms with Crippen molar-refractivity contribution >= 4 is 16.6 Å². The summed E-state index contributed by atoms with van der Waals surface area (Å²) in [6.45, 7) is 0. The van der Waals surface area contributed by atoms with Crippen LogP contribution in [-0.4, -0.2) is 12.9 Å². The fourth-order valence-electron chi connectivity index (χ4n) is 4.14. The lowest BCUT2D eigenvalue weighted by molar-refractivity contribution is 0.0971. The summed E-state index contributed by atoms with van der Waals surface area (Å²) in [5, 5.41) is 12.4. The molecule has 0 aliphatic heterocycles. The standard InChI is InChI=1S/C28H23NO2/c1-31-23-14-7-13-22(17-23)28(30)18-26(21-9-3-2-4-10-21)27(19-29)25-16-8-12-20-11-5-6-15-24(20)25/h2-17,26-27H,18H2,1H3/t26-,27-/m1/s1. The molecule has 0 aromatic heterocycles. The molecule has 4 aromatic carbocycles. The van der Waals surface area contributed by atoms with Gasteiger partial charge < -0.3 is 4.74 Å². The highest BCUT2D eigenvalue weighted by atomic mass is 16.5. The average molecular weight is 405 g/mol. The number of carbonyl (C=O) groups excluding carboxylic acids is 1. The fourth-order valence-corrected chi connectivity index (χ4v) is 4.14. The van der Waals surface area contributed by atoms with E-state index in [4.69, 9.17) is 4.74 Å². The van der Waals surface area contributed by atoms with Crippen molar-refractivity contribution in [2.45, 2.75) is 18.3 Å². The molecule has 3 nitrogen and oxygen atoms in total. The van der Waals surface area contributed by atoms with E-state index in [1.807, 2.05) is 84.9 Å². The summed E-state index contributed by atoms with van der Waals surface area (Å²) in [5.41, 5.74) is 2.53. The van der Waals surface area contributed by atoms with Gasteiger partial charge in [0, 0.05) is 17.9 Å². The number of nitrogens with zero attached hydrogens (tertiary/aromatic N) is 1. The van der Waals surface area contributed by atoms with Crippen LogP contribution in [0.1, 0.15) is 39.7 Å². The molecule has 4 rings (SSSR count). The third kappa shape index (κ3) is 4.34. The summed E-state index contributed by atoms with van der Waals surface area (Å²) >= 11 is 0. The van der Waals surface area contributed by atoms with Gasteiger partial charge in [0.1, 0.15) is 5.75 Å². The quantitative estimate of drug-likeness (QED) is 0.329. The van der Waals surface area contributed by atoms with Gasteiger partial charge in [-0.15, -0.1) is 0 Å². The minimum atomic E-state index is -0.456. The number of benzene rings is 4. The molecule has 0 heterocycles. The van der Waals surface area contributed by atoms with Crippen LogP contribution >= 0.6 is 0 Å². The van der Waals surface area contributed by atoms with E-state index in [1.165, 1.54) is 0 Å². The molecule has 0 saturated carbocycles. The van der Waals surface area contributed by atoms with Gasteiger partial charge in [0.2, 0.25) is 0 Å². The van der Waals surface area contributed by atoms with E-state index in [1.54, 1.807) is 19.2 Å². The zero-order valence-electron chi connectivity index (χ0n) is 17.4. The zero-order chi connectivity index (χ0) is 21.6. The first-order valence-electron chi connectivity index (χ1n) is 10.3. The highest BCUT2D eigenvalue weighted by molar-refractivity contribution is 5.97. The van der Waals surface area contributed by atoms with Crippen molar-refractivity contribution < 1.29 is 9.53 Å². The number of hydrogen-bond donors (Lipinski definition) is 0. The van der Waals surface area contributed by atoms with Crippen LogP contribution in [-0.2, 0) is 0 Å². The number of nitriles is 1. The third-order valence-electron chi connectivity index (χ3n) is 5.72. The molecule has 152 valence electrons. The number of Topliss-reactive ketones (excluding diaryl/α,β-unsaturated/α-hetero) is 1. The van der Waals surface area contributed by atoms with Crippen LogP contribution in [0.15, 0.2) is 97.1 Å². The maximum atomic E-state index is 13.2. The molecule has 0 amide bonds. The second-order valence-electron chi connectivity index (χ2n) is 7.55. The molecule has 31 heavy (non-hydrogen) atoms. The van der Waals surface area contributed by atoms with Gasteiger partial charge in [0.05, 0.1) is 19.1 Å². The van der Waals surface area contributed by atoms with Gasteiger partial charge in [-0.2, -0.15) is 5.26 Å². The Kier molecular flexibility index (Phi) is 6.10. The fraction of sp³-hybridized carbons (Fsp3) is 0.143. The van der Waals surface area contributed by atoms with Crippen molar-refractivity contribution in [1.29, 1.82) is 5.26 Å².